The first kappa shape index (κ1) is 13.8. The van der Waals surface area contributed by atoms with E-state index in [-0.39, 0.29) is 0 Å². The first-order valence-electron chi connectivity index (χ1n) is 7.56. The Bertz CT molecular complexity index is 213. The number of hydrogen-bond acceptors (Lipinski definition) is 1. The molecule has 17 heavy (non-hydrogen) atoms. The normalized spacial score (nSPS) is 39.5. The fourth-order valence-corrected chi connectivity index (χ4v) is 3.77. The molecule has 0 amide bonds. The van der Waals surface area contributed by atoms with E-state index in [4.69, 9.17) is 4.74 Å². The Kier molecular flexibility index (Phi) is 5.30. The summed E-state index contributed by atoms with van der Waals surface area (Å²) in [6.07, 6.45) is 11.8. The topological polar surface area (TPSA) is 9.23 Å². The van der Waals surface area contributed by atoms with Crippen LogP contribution >= 0.6 is 9.24 Å². The van der Waals surface area contributed by atoms with Gasteiger partial charge in [-0.2, -0.15) is 0 Å². The molecule has 2 aliphatic rings. The predicted molar refractivity (Wildman–Crippen MR) is 77.4 cm³/mol. The molecule has 0 heterocycles. The lowest BCUT2D eigenvalue weighted by Gasteiger charge is -2.35. The maximum Gasteiger partial charge on any atom is 0.0579 e. The van der Waals surface area contributed by atoms with Crippen LogP contribution in [-0.4, -0.2) is 17.9 Å². The second kappa shape index (κ2) is 6.53. The minimum Gasteiger partial charge on any atom is -0.375 e. The molecule has 2 heteroatoms. The average molecular weight is 256 g/mol. The summed E-state index contributed by atoms with van der Waals surface area (Å²) in [5.41, 5.74) is 0.853. The zero-order valence-corrected chi connectivity index (χ0v) is 12.7. The quantitative estimate of drug-likeness (QED) is 0.680. The summed E-state index contributed by atoms with van der Waals surface area (Å²) in [5.74, 6) is 1.82. The third-order valence-corrected chi connectivity index (χ3v) is 5.43. The van der Waals surface area contributed by atoms with Gasteiger partial charge in [0.2, 0.25) is 0 Å². The maximum absolute atomic E-state index is 6.30. The van der Waals surface area contributed by atoms with Gasteiger partial charge in [0.25, 0.3) is 0 Å². The Balaban J connectivity index is 1.67. The Hall–Kier alpha value is 0.390. The third kappa shape index (κ3) is 4.21. The zero-order chi connectivity index (χ0) is 12.3. The highest BCUT2D eigenvalue weighted by Crippen LogP contribution is 2.34. The summed E-state index contributed by atoms with van der Waals surface area (Å²) in [4.78, 5) is 0. The van der Waals surface area contributed by atoms with Crippen molar-refractivity contribution in [1.29, 1.82) is 0 Å². The molecule has 0 radical (unpaired) electrons. The van der Waals surface area contributed by atoms with Gasteiger partial charge in [-0.3, -0.25) is 0 Å². The highest BCUT2D eigenvalue weighted by atomic mass is 31.0. The van der Waals surface area contributed by atoms with Gasteiger partial charge in [-0.25, -0.2) is 0 Å². The summed E-state index contributed by atoms with van der Waals surface area (Å²) < 4.78 is 6.30. The lowest BCUT2D eigenvalue weighted by molar-refractivity contribution is -0.0527. The van der Waals surface area contributed by atoms with Crippen LogP contribution in [0.15, 0.2) is 0 Å². The molecule has 0 saturated heterocycles. The van der Waals surface area contributed by atoms with E-state index in [1.54, 1.807) is 0 Å². The first-order valence-corrected chi connectivity index (χ1v) is 8.23. The van der Waals surface area contributed by atoms with Crippen LogP contribution in [0, 0.1) is 11.8 Å². The van der Waals surface area contributed by atoms with E-state index < -0.39 is 0 Å². The maximum atomic E-state index is 6.30. The predicted octanol–water partition coefficient (Wildman–Crippen LogP) is 4.40. The van der Waals surface area contributed by atoms with Crippen molar-refractivity contribution in [1.82, 2.24) is 0 Å². The molecule has 0 N–H and O–H groups in total. The molecular formula is C15H29OP. The molecule has 1 unspecified atom stereocenters. The van der Waals surface area contributed by atoms with E-state index in [0.29, 0.717) is 12.2 Å². The van der Waals surface area contributed by atoms with Crippen LogP contribution in [-0.2, 0) is 4.74 Å². The van der Waals surface area contributed by atoms with Crippen LogP contribution in [0.1, 0.15) is 65.2 Å². The number of rotatable bonds is 3. The summed E-state index contributed by atoms with van der Waals surface area (Å²) in [7, 11) is 2.97. The van der Waals surface area contributed by atoms with E-state index in [1.165, 1.54) is 51.4 Å². The Morgan fingerprint density at radius 3 is 1.76 bits per heavy atom. The van der Waals surface area contributed by atoms with Gasteiger partial charge in [-0.15, -0.1) is 9.24 Å². The largest absolute Gasteiger partial charge is 0.375 e. The monoisotopic (exact) mass is 256 g/mol. The lowest BCUT2D eigenvalue weighted by atomic mass is 9.80. The molecule has 0 bridgehead atoms. The van der Waals surface area contributed by atoms with Crippen molar-refractivity contribution in [3.05, 3.63) is 0 Å². The second-order valence-corrected chi connectivity index (χ2v) is 7.40. The zero-order valence-electron chi connectivity index (χ0n) is 11.5. The number of hydrogen-bond donors (Lipinski definition) is 0. The fraction of sp³-hybridized carbons (Fsp3) is 1.00. The Morgan fingerprint density at radius 1 is 0.824 bits per heavy atom. The van der Waals surface area contributed by atoms with Crippen molar-refractivity contribution in [2.24, 2.45) is 11.8 Å². The molecule has 0 spiro atoms. The summed E-state index contributed by atoms with van der Waals surface area (Å²) >= 11 is 0. The summed E-state index contributed by atoms with van der Waals surface area (Å²) in [6.45, 7) is 4.73. The van der Waals surface area contributed by atoms with Gasteiger partial charge in [0.15, 0.2) is 0 Å². The van der Waals surface area contributed by atoms with Crippen LogP contribution in [0.4, 0.5) is 0 Å². The highest BCUT2D eigenvalue weighted by molar-refractivity contribution is 7.17. The highest BCUT2D eigenvalue weighted by Gasteiger charge is 2.27. The van der Waals surface area contributed by atoms with Gasteiger partial charge in [-0.05, 0) is 68.9 Å². The van der Waals surface area contributed by atoms with E-state index in [9.17, 15) is 0 Å². The van der Waals surface area contributed by atoms with E-state index in [1.807, 2.05) is 0 Å². The van der Waals surface area contributed by atoms with Crippen molar-refractivity contribution >= 4 is 9.24 Å². The van der Waals surface area contributed by atoms with Gasteiger partial charge >= 0.3 is 0 Å². The van der Waals surface area contributed by atoms with Gasteiger partial charge in [0.1, 0.15) is 0 Å². The summed E-state index contributed by atoms with van der Waals surface area (Å²) in [5, 5.41) is 0. The minimum atomic E-state index is 0.576. The SMILES string of the molecule is CC(C)C1CCC(OC2CCC(P)CC2)CC1. The number of ether oxygens (including phenoxy) is 1. The second-order valence-electron chi connectivity index (χ2n) is 6.45. The average Bonchev–Trinajstić information content (AvgIpc) is 2.33. The van der Waals surface area contributed by atoms with Crippen molar-refractivity contribution in [3.8, 4) is 0 Å². The summed E-state index contributed by atoms with van der Waals surface area (Å²) in [6, 6.07) is 0. The molecule has 1 nitrogen and oxygen atoms in total. The molecule has 2 aliphatic carbocycles. The van der Waals surface area contributed by atoms with E-state index >= 15 is 0 Å². The van der Waals surface area contributed by atoms with Crippen molar-refractivity contribution in [3.63, 3.8) is 0 Å². The van der Waals surface area contributed by atoms with Crippen LogP contribution in [0.2, 0.25) is 0 Å². The Labute approximate surface area is 109 Å². The molecule has 2 fully saturated rings. The molecule has 0 aliphatic heterocycles. The van der Waals surface area contributed by atoms with Gasteiger partial charge in [-0.1, -0.05) is 13.8 Å². The molecule has 100 valence electrons. The van der Waals surface area contributed by atoms with Crippen LogP contribution < -0.4 is 0 Å². The van der Waals surface area contributed by atoms with Crippen LogP contribution in [0.3, 0.4) is 0 Å². The molecular weight excluding hydrogens is 227 g/mol. The van der Waals surface area contributed by atoms with Crippen molar-refractivity contribution in [2.45, 2.75) is 83.1 Å². The first-order chi connectivity index (χ1) is 8.15. The molecule has 1 atom stereocenters. The van der Waals surface area contributed by atoms with Crippen LogP contribution in [0.25, 0.3) is 0 Å². The Morgan fingerprint density at radius 2 is 1.29 bits per heavy atom. The minimum absolute atomic E-state index is 0.576. The lowest BCUT2D eigenvalue weighted by Crippen LogP contribution is -2.30. The van der Waals surface area contributed by atoms with Gasteiger partial charge in [0, 0.05) is 0 Å². The van der Waals surface area contributed by atoms with E-state index in [2.05, 4.69) is 23.1 Å². The smallest absolute Gasteiger partial charge is 0.0579 e. The molecule has 2 rings (SSSR count). The molecule has 0 aromatic heterocycles. The van der Waals surface area contributed by atoms with Gasteiger partial charge in [0.05, 0.1) is 12.2 Å². The third-order valence-electron chi connectivity index (χ3n) is 4.77. The standard InChI is InChI=1S/C15H29OP/c1-11(2)12-3-5-13(6-4-12)16-14-7-9-15(17)10-8-14/h11-15H,3-10,17H2,1-2H3. The molecule has 0 aromatic carbocycles. The van der Waals surface area contributed by atoms with Crippen molar-refractivity contribution in [2.75, 3.05) is 0 Å². The van der Waals surface area contributed by atoms with E-state index in [0.717, 1.165) is 17.5 Å². The van der Waals surface area contributed by atoms with Crippen molar-refractivity contribution < 1.29 is 4.74 Å². The molecule has 2 saturated carbocycles. The van der Waals surface area contributed by atoms with Crippen LogP contribution in [0.5, 0.6) is 0 Å². The van der Waals surface area contributed by atoms with Gasteiger partial charge < -0.3 is 4.74 Å². The molecule has 0 aromatic rings. The fourth-order valence-electron chi connectivity index (χ4n) is 3.39.